The Balaban J connectivity index is 1.73. The van der Waals surface area contributed by atoms with Gasteiger partial charge in [-0.25, -0.2) is 9.59 Å². The SMILES string of the molecule is O=C(O)[C@@H](Oc1ccc2c3c(c(=O)oc2c1)CCC3)c1ccccc1. The van der Waals surface area contributed by atoms with Gasteiger partial charge in [0, 0.05) is 22.6 Å². The molecule has 1 heterocycles. The first-order chi connectivity index (χ1) is 12.1. The Kier molecular flexibility index (Phi) is 3.76. The van der Waals surface area contributed by atoms with Crippen LogP contribution >= 0.6 is 0 Å². The second-order valence-corrected chi connectivity index (χ2v) is 6.10. The fraction of sp³-hybridized carbons (Fsp3) is 0.200. The van der Waals surface area contributed by atoms with Gasteiger partial charge in [-0.1, -0.05) is 30.3 Å². The number of aryl methyl sites for hydroxylation is 1. The first-order valence-electron chi connectivity index (χ1n) is 8.16. The van der Waals surface area contributed by atoms with Crippen LogP contribution in [0.2, 0.25) is 0 Å². The number of aliphatic carboxylic acids is 1. The first-order valence-corrected chi connectivity index (χ1v) is 8.16. The van der Waals surface area contributed by atoms with Crippen LogP contribution in [0.5, 0.6) is 5.75 Å². The maximum atomic E-state index is 12.1. The Labute approximate surface area is 143 Å². The minimum atomic E-state index is -1.13. The van der Waals surface area contributed by atoms with Crippen LogP contribution in [0, 0.1) is 0 Å². The van der Waals surface area contributed by atoms with Gasteiger partial charge >= 0.3 is 11.6 Å². The molecule has 1 atom stereocenters. The van der Waals surface area contributed by atoms with Crippen molar-refractivity contribution in [2.24, 2.45) is 0 Å². The van der Waals surface area contributed by atoms with Crippen LogP contribution in [-0.2, 0) is 17.6 Å². The van der Waals surface area contributed by atoms with Crippen LogP contribution in [0.3, 0.4) is 0 Å². The third kappa shape index (κ3) is 2.78. The van der Waals surface area contributed by atoms with Crippen molar-refractivity contribution >= 4 is 16.9 Å². The molecule has 5 heteroatoms. The molecule has 3 aromatic rings. The number of ether oxygens (including phenoxy) is 1. The Morgan fingerprint density at radius 3 is 2.60 bits per heavy atom. The molecule has 0 bridgehead atoms. The molecular weight excluding hydrogens is 320 g/mol. The molecule has 1 aliphatic rings. The summed E-state index contributed by atoms with van der Waals surface area (Å²) >= 11 is 0. The molecule has 0 fully saturated rings. The minimum Gasteiger partial charge on any atom is -0.478 e. The Hall–Kier alpha value is -3.08. The summed E-state index contributed by atoms with van der Waals surface area (Å²) in [6, 6.07) is 13.9. The maximum absolute atomic E-state index is 12.1. The standard InChI is InChI=1S/C20H16O5/c21-19(22)18(12-5-2-1-3-6-12)24-13-9-10-15-14-7-4-8-16(14)20(23)25-17(15)11-13/h1-3,5-6,9-11,18H,4,7-8H2,(H,21,22)/t18-/m0/s1. The summed E-state index contributed by atoms with van der Waals surface area (Å²) in [5, 5.41) is 10.4. The molecule has 0 unspecified atom stereocenters. The summed E-state index contributed by atoms with van der Waals surface area (Å²) in [6.45, 7) is 0. The summed E-state index contributed by atoms with van der Waals surface area (Å²) in [6.07, 6.45) is 1.44. The van der Waals surface area contributed by atoms with E-state index in [9.17, 15) is 14.7 Å². The third-order valence-electron chi connectivity index (χ3n) is 4.53. The largest absolute Gasteiger partial charge is 0.478 e. The van der Waals surface area contributed by atoms with Crippen molar-refractivity contribution in [3.8, 4) is 5.75 Å². The van der Waals surface area contributed by atoms with Gasteiger partial charge in [-0.2, -0.15) is 0 Å². The van der Waals surface area contributed by atoms with E-state index >= 15 is 0 Å². The number of benzene rings is 2. The van der Waals surface area contributed by atoms with Crippen molar-refractivity contribution in [1.82, 2.24) is 0 Å². The predicted molar refractivity (Wildman–Crippen MR) is 92.0 cm³/mol. The number of fused-ring (bicyclic) bond motifs is 3. The molecule has 1 aromatic heterocycles. The summed E-state index contributed by atoms with van der Waals surface area (Å²) in [5.41, 5.74) is 2.46. The monoisotopic (exact) mass is 336 g/mol. The minimum absolute atomic E-state index is 0.310. The topological polar surface area (TPSA) is 76.7 Å². The van der Waals surface area contributed by atoms with E-state index in [1.165, 1.54) is 0 Å². The van der Waals surface area contributed by atoms with E-state index in [0.717, 1.165) is 35.8 Å². The molecule has 0 spiro atoms. The van der Waals surface area contributed by atoms with Crippen molar-refractivity contribution in [3.05, 3.63) is 75.6 Å². The van der Waals surface area contributed by atoms with E-state index in [-0.39, 0.29) is 5.63 Å². The quantitative estimate of drug-likeness (QED) is 0.738. The second-order valence-electron chi connectivity index (χ2n) is 6.10. The number of carboxylic acids is 1. The number of carbonyl (C=O) groups is 1. The molecule has 5 nitrogen and oxygen atoms in total. The molecule has 126 valence electrons. The lowest BCUT2D eigenvalue weighted by molar-refractivity contribution is -0.145. The van der Waals surface area contributed by atoms with Gasteiger partial charge in [0.1, 0.15) is 11.3 Å². The zero-order chi connectivity index (χ0) is 17.4. The van der Waals surface area contributed by atoms with Crippen LogP contribution in [-0.4, -0.2) is 11.1 Å². The molecule has 2 aromatic carbocycles. The Bertz CT molecular complexity index is 1000. The lowest BCUT2D eigenvalue weighted by atomic mass is 10.1. The smallest absolute Gasteiger partial charge is 0.349 e. The van der Waals surface area contributed by atoms with Gasteiger partial charge in [-0.05, 0) is 37.0 Å². The zero-order valence-electron chi connectivity index (χ0n) is 13.4. The number of hydrogen-bond acceptors (Lipinski definition) is 4. The zero-order valence-corrected chi connectivity index (χ0v) is 13.4. The van der Waals surface area contributed by atoms with Crippen LogP contribution in [0.1, 0.15) is 29.2 Å². The van der Waals surface area contributed by atoms with Crippen molar-refractivity contribution in [1.29, 1.82) is 0 Å². The van der Waals surface area contributed by atoms with Crippen LogP contribution in [0.4, 0.5) is 0 Å². The van der Waals surface area contributed by atoms with E-state index in [4.69, 9.17) is 9.15 Å². The van der Waals surface area contributed by atoms with Crippen molar-refractivity contribution < 1.29 is 19.1 Å². The van der Waals surface area contributed by atoms with Crippen LogP contribution in [0.25, 0.3) is 11.0 Å². The van der Waals surface area contributed by atoms with Crippen molar-refractivity contribution in [2.75, 3.05) is 0 Å². The van der Waals surface area contributed by atoms with Crippen molar-refractivity contribution in [2.45, 2.75) is 25.4 Å². The van der Waals surface area contributed by atoms with Gasteiger partial charge in [-0.3, -0.25) is 0 Å². The lowest BCUT2D eigenvalue weighted by Gasteiger charge is -2.16. The fourth-order valence-corrected chi connectivity index (χ4v) is 3.36. The molecule has 0 radical (unpaired) electrons. The van der Waals surface area contributed by atoms with E-state index in [2.05, 4.69) is 0 Å². The summed E-state index contributed by atoms with van der Waals surface area (Å²) in [5.74, 6) is -0.730. The van der Waals surface area contributed by atoms with Crippen LogP contribution in [0.15, 0.2) is 57.7 Å². The number of rotatable bonds is 4. The van der Waals surface area contributed by atoms with E-state index < -0.39 is 12.1 Å². The highest BCUT2D eigenvalue weighted by molar-refractivity contribution is 5.83. The number of hydrogen-bond donors (Lipinski definition) is 1. The van der Waals surface area contributed by atoms with Gasteiger partial charge in [0.05, 0.1) is 0 Å². The third-order valence-corrected chi connectivity index (χ3v) is 4.53. The molecule has 25 heavy (non-hydrogen) atoms. The average Bonchev–Trinajstić information content (AvgIpc) is 3.10. The maximum Gasteiger partial charge on any atom is 0.349 e. The summed E-state index contributed by atoms with van der Waals surface area (Å²) in [4.78, 5) is 23.7. The van der Waals surface area contributed by atoms with Gasteiger partial charge in [0.2, 0.25) is 6.10 Å². The Morgan fingerprint density at radius 2 is 1.84 bits per heavy atom. The Morgan fingerprint density at radius 1 is 1.08 bits per heavy atom. The molecular formula is C20H16O5. The highest BCUT2D eigenvalue weighted by Crippen LogP contribution is 2.31. The summed E-state index contributed by atoms with van der Waals surface area (Å²) in [7, 11) is 0. The van der Waals surface area contributed by atoms with Gasteiger partial charge in [-0.15, -0.1) is 0 Å². The van der Waals surface area contributed by atoms with Gasteiger partial charge < -0.3 is 14.3 Å². The van der Waals surface area contributed by atoms with Crippen LogP contribution < -0.4 is 10.4 Å². The van der Waals surface area contributed by atoms with Gasteiger partial charge in [0.15, 0.2) is 0 Å². The molecule has 0 saturated heterocycles. The lowest BCUT2D eigenvalue weighted by Crippen LogP contribution is -2.18. The fourth-order valence-electron chi connectivity index (χ4n) is 3.36. The van der Waals surface area contributed by atoms with Crippen molar-refractivity contribution in [3.63, 3.8) is 0 Å². The molecule has 1 N–H and O–H groups in total. The van der Waals surface area contributed by atoms with E-state index in [1.807, 2.05) is 12.1 Å². The van der Waals surface area contributed by atoms with E-state index in [0.29, 0.717) is 16.9 Å². The second kappa shape index (κ2) is 6.09. The van der Waals surface area contributed by atoms with E-state index in [1.54, 1.807) is 36.4 Å². The highest BCUT2D eigenvalue weighted by atomic mass is 16.5. The molecule has 1 aliphatic carbocycles. The molecule has 0 amide bonds. The van der Waals surface area contributed by atoms with Gasteiger partial charge in [0.25, 0.3) is 0 Å². The number of carboxylic acid groups (broad SMARTS) is 1. The summed E-state index contributed by atoms with van der Waals surface area (Å²) < 4.78 is 11.1. The average molecular weight is 336 g/mol. The highest BCUT2D eigenvalue weighted by Gasteiger charge is 2.23. The molecule has 0 aliphatic heterocycles. The molecule has 4 rings (SSSR count). The predicted octanol–water partition coefficient (Wildman–Crippen LogP) is 3.49. The normalized spacial score (nSPS) is 14.2. The first kappa shape index (κ1) is 15.4. The molecule has 0 saturated carbocycles.